The van der Waals surface area contributed by atoms with Crippen LogP contribution in [0, 0.1) is 6.92 Å². The third-order valence-corrected chi connectivity index (χ3v) is 3.32. The molecule has 1 heterocycles. The minimum absolute atomic E-state index is 0.589. The van der Waals surface area contributed by atoms with E-state index in [1.165, 1.54) is 18.4 Å². The largest absolute Gasteiger partial charge is 0.353 e. The van der Waals surface area contributed by atoms with Crippen molar-refractivity contribution >= 4 is 21.7 Å². The summed E-state index contributed by atoms with van der Waals surface area (Å²) in [6.07, 6.45) is 4.21. The second kappa shape index (κ2) is 6.89. The van der Waals surface area contributed by atoms with Crippen molar-refractivity contribution in [2.75, 3.05) is 16.8 Å². The molecule has 1 aromatic rings. The van der Waals surface area contributed by atoms with E-state index in [1.807, 2.05) is 12.3 Å². The van der Waals surface area contributed by atoms with E-state index in [2.05, 4.69) is 52.7 Å². The van der Waals surface area contributed by atoms with Gasteiger partial charge in [0.05, 0.1) is 0 Å². The lowest BCUT2D eigenvalue weighted by atomic mass is 10.1. The maximum Gasteiger partial charge on any atom is 0.131 e. The Morgan fingerprint density at radius 2 is 2.06 bits per heavy atom. The molecule has 2 nitrogen and oxygen atoms in total. The summed E-state index contributed by atoms with van der Waals surface area (Å²) in [5.41, 5.74) is 1.26. The Morgan fingerprint density at radius 1 is 1.38 bits per heavy atom. The molecule has 1 rings (SSSR count). The van der Waals surface area contributed by atoms with Gasteiger partial charge in [0, 0.05) is 24.1 Å². The minimum atomic E-state index is 0.589. The van der Waals surface area contributed by atoms with Crippen molar-refractivity contribution in [2.24, 2.45) is 0 Å². The van der Waals surface area contributed by atoms with Crippen molar-refractivity contribution < 1.29 is 0 Å². The Bertz CT molecular complexity index is 311. The topological polar surface area (TPSA) is 16.1 Å². The number of alkyl halides is 1. The molecule has 0 radical (unpaired) electrons. The quantitative estimate of drug-likeness (QED) is 0.739. The highest BCUT2D eigenvalue weighted by atomic mass is 79.9. The molecule has 0 saturated carbocycles. The molecule has 0 saturated heterocycles. The zero-order chi connectivity index (χ0) is 12.0. The predicted molar refractivity (Wildman–Crippen MR) is 74.5 cm³/mol. The lowest BCUT2D eigenvalue weighted by Crippen LogP contribution is -2.37. The van der Waals surface area contributed by atoms with Crippen LogP contribution in [0.3, 0.4) is 0 Å². The fourth-order valence-corrected chi connectivity index (χ4v) is 2.44. The lowest BCUT2D eigenvalue weighted by Gasteiger charge is -2.32. The van der Waals surface area contributed by atoms with Gasteiger partial charge in [-0.3, -0.25) is 0 Å². The van der Waals surface area contributed by atoms with Crippen molar-refractivity contribution in [1.82, 2.24) is 4.98 Å². The van der Waals surface area contributed by atoms with E-state index in [0.717, 1.165) is 17.7 Å². The van der Waals surface area contributed by atoms with Gasteiger partial charge in [-0.05, 0) is 31.4 Å². The highest BCUT2D eigenvalue weighted by Gasteiger charge is 2.17. The fraction of sp³-hybridized carbons (Fsp3) is 0.615. The molecule has 0 atom stereocenters. The first-order valence-electron chi connectivity index (χ1n) is 5.98. The van der Waals surface area contributed by atoms with Crippen LogP contribution in [-0.4, -0.2) is 22.9 Å². The molecule has 0 aromatic carbocycles. The third-order valence-electron chi connectivity index (χ3n) is 2.96. The Kier molecular flexibility index (Phi) is 5.81. The molecule has 0 bridgehead atoms. The van der Waals surface area contributed by atoms with Gasteiger partial charge in [-0.1, -0.05) is 35.8 Å². The monoisotopic (exact) mass is 284 g/mol. The molecule has 0 fully saturated rings. The maximum atomic E-state index is 4.52. The van der Waals surface area contributed by atoms with Crippen LogP contribution in [0.15, 0.2) is 18.3 Å². The summed E-state index contributed by atoms with van der Waals surface area (Å²) in [4.78, 5) is 6.94. The van der Waals surface area contributed by atoms with E-state index in [0.29, 0.717) is 6.04 Å². The smallest absolute Gasteiger partial charge is 0.131 e. The van der Waals surface area contributed by atoms with E-state index < -0.39 is 0 Å². The zero-order valence-electron chi connectivity index (χ0n) is 10.4. The fourth-order valence-electron chi connectivity index (χ4n) is 2.06. The van der Waals surface area contributed by atoms with E-state index in [-0.39, 0.29) is 0 Å². The molecular formula is C13H21BrN2. The molecule has 0 amide bonds. The molecule has 90 valence electrons. The average molecular weight is 285 g/mol. The number of nitrogens with zero attached hydrogens (tertiary/aromatic N) is 2. The number of rotatable bonds is 6. The van der Waals surface area contributed by atoms with Crippen LogP contribution in [0.1, 0.15) is 32.3 Å². The van der Waals surface area contributed by atoms with Crippen LogP contribution in [-0.2, 0) is 0 Å². The first-order valence-corrected chi connectivity index (χ1v) is 7.10. The first-order chi connectivity index (χ1) is 7.74. The summed E-state index contributed by atoms with van der Waals surface area (Å²) in [5.74, 6) is 1.13. The number of pyridine rings is 1. The van der Waals surface area contributed by atoms with Gasteiger partial charge in [-0.2, -0.15) is 0 Å². The van der Waals surface area contributed by atoms with Gasteiger partial charge in [-0.15, -0.1) is 0 Å². The van der Waals surface area contributed by atoms with Gasteiger partial charge in [0.1, 0.15) is 5.82 Å². The summed E-state index contributed by atoms with van der Waals surface area (Å²) < 4.78 is 0. The molecule has 0 spiro atoms. The Morgan fingerprint density at radius 3 is 2.56 bits per heavy atom. The third kappa shape index (κ3) is 3.21. The van der Waals surface area contributed by atoms with Crippen LogP contribution in [0.25, 0.3) is 0 Å². The number of anilines is 1. The average Bonchev–Trinajstić information content (AvgIpc) is 2.30. The molecule has 0 aliphatic carbocycles. The van der Waals surface area contributed by atoms with Crippen molar-refractivity contribution in [3.05, 3.63) is 23.9 Å². The van der Waals surface area contributed by atoms with Gasteiger partial charge >= 0.3 is 0 Å². The Balaban J connectivity index is 2.97. The molecule has 0 aliphatic heterocycles. The number of aromatic nitrogens is 1. The first kappa shape index (κ1) is 13.5. The second-order valence-electron chi connectivity index (χ2n) is 4.00. The Hall–Kier alpha value is -0.570. The molecule has 16 heavy (non-hydrogen) atoms. The summed E-state index contributed by atoms with van der Waals surface area (Å²) in [7, 11) is 0. The normalized spacial score (nSPS) is 10.8. The lowest BCUT2D eigenvalue weighted by molar-refractivity contribution is 0.562. The molecule has 0 unspecified atom stereocenters. The van der Waals surface area contributed by atoms with Gasteiger partial charge in [0.25, 0.3) is 0 Å². The number of hydrogen-bond acceptors (Lipinski definition) is 2. The summed E-state index contributed by atoms with van der Waals surface area (Å²) in [6, 6.07) is 4.72. The molecule has 0 aliphatic rings. The van der Waals surface area contributed by atoms with Crippen LogP contribution in [0.5, 0.6) is 0 Å². The highest BCUT2D eigenvalue weighted by molar-refractivity contribution is 9.09. The maximum absolute atomic E-state index is 4.52. The van der Waals surface area contributed by atoms with E-state index in [4.69, 9.17) is 0 Å². The number of halogens is 1. The van der Waals surface area contributed by atoms with Crippen molar-refractivity contribution in [2.45, 2.75) is 39.7 Å². The second-order valence-corrected chi connectivity index (χ2v) is 4.79. The van der Waals surface area contributed by atoms with Crippen LogP contribution in [0.4, 0.5) is 5.82 Å². The molecule has 1 aromatic heterocycles. The molecule has 0 N–H and O–H groups in total. The van der Waals surface area contributed by atoms with Gasteiger partial charge in [0.2, 0.25) is 0 Å². The summed E-state index contributed by atoms with van der Waals surface area (Å²) in [6.45, 7) is 7.64. The zero-order valence-corrected chi connectivity index (χ0v) is 12.0. The van der Waals surface area contributed by atoms with Gasteiger partial charge in [0.15, 0.2) is 0 Å². The van der Waals surface area contributed by atoms with Crippen molar-refractivity contribution in [1.29, 1.82) is 0 Å². The SMILES string of the molecule is CCC(CC)N(CCBr)c1ncccc1C. The minimum Gasteiger partial charge on any atom is -0.353 e. The molecular weight excluding hydrogens is 264 g/mol. The highest BCUT2D eigenvalue weighted by Crippen LogP contribution is 2.21. The Labute approximate surface area is 107 Å². The van der Waals surface area contributed by atoms with Crippen LogP contribution in [0.2, 0.25) is 0 Å². The van der Waals surface area contributed by atoms with E-state index in [9.17, 15) is 0 Å². The summed E-state index contributed by atoms with van der Waals surface area (Å²) >= 11 is 3.53. The van der Waals surface area contributed by atoms with Crippen molar-refractivity contribution in [3.63, 3.8) is 0 Å². The molecule has 3 heteroatoms. The van der Waals surface area contributed by atoms with E-state index in [1.54, 1.807) is 0 Å². The van der Waals surface area contributed by atoms with Gasteiger partial charge in [-0.25, -0.2) is 4.98 Å². The van der Waals surface area contributed by atoms with Crippen LogP contribution >= 0.6 is 15.9 Å². The number of hydrogen-bond donors (Lipinski definition) is 0. The van der Waals surface area contributed by atoms with Crippen molar-refractivity contribution in [3.8, 4) is 0 Å². The number of aryl methyl sites for hydroxylation is 1. The van der Waals surface area contributed by atoms with Gasteiger partial charge < -0.3 is 4.90 Å². The predicted octanol–water partition coefficient (Wildman–Crippen LogP) is 3.78. The van der Waals surface area contributed by atoms with Crippen LogP contribution < -0.4 is 4.90 Å². The summed E-state index contributed by atoms with van der Waals surface area (Å²) in [5, 5.41) is 0.986. The van der Waals surface area contributed by atoms with E-state index >= 15 is 0 Å². The standard InChI is InChI=1S/C13H21BrN2/c1-4-12(5-2)16(10-8-14)13-11(3)7-6-9-15-13/h6-7,9,12H,4-5,8,10H2,1-3H3.